The Hall–Kier alpha value is -0.740. The summed E-state index contributed by atoms with van der Waals surface area (Å²) in [6.07, 6.45) is 1.95. The molecule has 1 atom stereocenters. The molecule has 4 nitrogen and oxygen atoms in total. The minimum Gasteiger partial charge on any atom is -0.310 e. The van der Waals surface area contributed by atoms with Crippen molar-refractivity contribution >= 4 is 11.4 Å². The zero-order valence-electron chi connectivity index (χ0n) is 15.0. The van der Waals surface area contributed by atoms with Gasteiger partial charge >= 0.3 is 0 Å². The second-order valence-corrected chi connectivity index (χ2v) is 7.79. The minimum absolute atomic E-state index is 0.0627. The van der Waals surface area contributed by atoms with Crippen molar-refractivity contribution in [1.82, 2.24) is 10.6 Å². The first-order valence-corrected chi connectivity index (χ1v) is 8.12. The Bertz CT molecular complexity index is 394. The first-order valence-electron chi connectivity index (χ1n) is 8.12. The molecule has 0 aliphatic carbocycles. The van der Waals surface area contributed by atoms with Crippen molar-refractivity contribution < 1.29 is 0 Å². The lowest BCUT2D eigenvalue weighted by atomic mass is 9.96. The normalized spacial score (nSPS) is 28.2. The molecule has 1 heterocycles. The van der Waals surface area contributed by atoms with Crippen molar-refractivity contribution in [3.05, 3.63) is 0 Å². The van der Waals surface area contributed by atoms with Gasteiger partial charge in [-0.15, -0.1) is 0 Å². The van der Waals surface area contributed by atoms with Crippen molar-refractivity contribution in [2.75, 3.05) is 19.6 Å². The van der Waals surface area contributed by atoms with E-state index in [9.17, 15) is 0 Å². The summed E-state index contributed by atoms with van der Waals surface area (Å²) in [6, 6.07) is 0.377. The van der Waals surface area contributed by atoms with Gasteiger partial charge in [0.1, 0.15) is 0 Å². The highest BCUT2D eigenvalue weighted by atomic mass is 15.0. The zero-order chi connectivity index (χ0) is 16.1. The Morgan fingerprint density at radius 1 is 0.952 bits per heavy atom. The van der Waals surface area contributed by atoms with Crippen LogP contribution in [0.2, 0.25) is 0 Å². The maximum Gasteiger partial charge on any atom is 0.0539 e. The van der Waals surface area contributed by atoms with Crippen LogP contribution in [-0.2, 0) is 0 Å². The third-order valence-corrected chi connectivity index (χ3v) is 3.76. The molecule has 4 heteroatoms. The van der Waals surface area contributed by atoms with E-state index in [0.29, 0.717) is 6.04 Å². The minimum atomic E-state index is 0.0627. The highest BCUT2D eigenvalue weighted by Crippen LogP contribution is 2.13. The number of rotatable bonds is 0. The van der Waals surface area contributed by atoms with Crippen LogP contribution in [0, 0.1) is 0 Å². The molecule has 0 aromatic heterocycles. The first kappa shape index (κ1) is 18.3. The summed E-state index contributed by atoms with van der Waals surface area (Å²) in [6.45, 7) is 18.0. The predicted octanol–water partition coefficient (Wildman–Crippen LogP) is 2.83. The molecule has 0 spiro atoms. The fourth-order valence-electron chi connectivity index (χ4n) is 3.15. The van der Waals surface area contributed by atoms with Crippen molar-refractivity contribution in [1.29, 1.82) is 0 Å². The van der Waals surface area contributed by atoms with Gasteiger partial charge in [0.15, 0.2) is 0 Å². The average molecular weight is 294 g/mol. The van der Waals surface area contributed by atoms with E-state index in [1.165, 1.54) is 11.4 Å². The zero-order valence-corrected chi connectivity index (χ0v) is 15.0. The molecular weight excluding hydrogens is 260 g/mol. The van der Waals surface area contributed by atoms with Gasteiger partial charge in [0.05, 0.1) is 13.1 Å². The average Bonchev–Trinajstić information content (AvgIpc) is 2.29. The number of hydrogen-bond acceptors (Lipinski definition) is 4. The third-order valence-electron chi connectivity index (χ3n) is 3.76. The molecule has 1 unspecified atom stereocenters. The highest BCUT2D eigenvalue weighted by molar-refractivity contribution is 5.83. The third kappa shape index (κ3) is 7.72. The lowest BCUT2D eigenvalue weighted by molar-refractivity contribution is 0.355. The second kappa shape index (κ2) is 7.50. The maximum atomic E-state index is 4.76. The van der Waals surface area contributed by atoms with E-state index in [2.05, 4.69) is 59.1 Å². The van der Waals surface area contributed by atoms with Gasteiger partial charge in [0.2, 0.25) is 0 Å². The smallest absolute Gasteiger partial charge is 0.0539 e. The quantitative estimate of drug-likeness (QED) is 0.722. The Kier molecular flexibility index (Phi) is 6.54. The van der Waals surface area contributed by atoms with Crippen molar-refractivity contribution in [2.24, 2.45) is 9.98 Å². The fourth-order valence-corrected chi connectivity index (χ4v) is 3.15. The Balaban J connectivity index is 2.83. The van der Waals surface area contributed by atoms with Crippen LogP contribution in [0.4, 0.5) is 0 Å². The SMILES string of the molecule is CC1=NCC(C)NC(C)(C)CC(C)=NCCNC(C)(C)C1. The summed E-state index contributed by atoms with van der Waals surface area (Å²) in [4.78, 5) is 9.46. The molecule has 0 amide bonds. The van der Waals surface area contributed by atoms with E-state index < -0.39 is 0 Å². The first-order chi connectivity index (χ1) is 9.60. The van der Waals surface area contributed by atoms with E-state index in [0.717, 1.165) is 32.5 Å². The molecule has 0 saturated heterocycles. The van der Waals surface area contributed by atoms with Gasteiger partial charge in [-0.25, -0.2) is 0 Å². The summed E-state index contributed by atoms with van der Waals surface area (Å²) >= 11 is 0. The summed E-state index contributed by atoms with van der Waals surface area (Å²) in [7, 11) is 0. The van der Waals surface area contributed by atoms with Gasteiger partial charge in [-0.2, -0.15) is 0 Å². The molecule has 0 aromatic rings. The number of hydrogen-bond donors (Lipinski definition) is 2. The summed E-state index contributed by atoms with van der Waals surface area (Å²) in [5, 5.41) is 7.27. The second-order valence-electron chi connectivity index (χ2n) is 7.79. The number of nitrogens with zero attached hydrogens (tertiary/aromatic N) is 2. The van der Waals surface area contributed by atoms with Gasteiger partial charge in [0.25, 0.3) is 0 Å². The van der Waals surface area contributed by atoms with Crippen LogP contribution in [-0.4, -0.2) is 48.2 Å². The lowest BCUT2D eigenvalue weighted by Crippen LogP contribution is -2.47. The van der Waals surface area contributed by atoms with Gasteiger partial charge < -0.3 is 10.6 Å². The molecule has 1 aliphatic rings. The van der Waals surface area contributed by atoms with Crippen molar-refractivity contribution in [3.63, 3.8) is 0 Å². The van der Waals surface area contributed by atoms with E-state index in [1.807, 2.05) is 0 Å². The fraction of sp³-hybridized carbons (Fsp3) is 0.882. The summed E-state index contributed by atoms with van der Waals surface area (Å²) in [5.74, 6) is 0. The number of aliphatic imine (C=N–C) groups is 2. The van der Waals surface area contributed by atoms with Gasteiger partial charge in [-0.1, -0.05) is 0 Å². The monoisotopic (exact) mass is 294 g/mol. The molecule has 0 bridgehead atoms. The largest absolute Gasteiger partial charge is 0.310 e. The van der Waals surface area contributed by atoms with Crippen LogP contribution in [0.15, 0.2) is 9.98 Å². The molecule has 0 saturated carbocycles. The molecule has 21 heavy (non-hydrogen) atoms. The highest BCUT2D eigenvalue weighted by Gasteiger charge is 2.22. The van der Waals surface area contributed by atoms with Crippen LogP contribution in [0.5, 0.6) is 0 Å². The van der Waals surface area contributed by atoms with Crippen LogP contribution in [0.25, 0.3) is 0 Å². The van der Waals surface area contributed by atoms with Gasteiger partial charge in [0, 0.05) is 47.9 Å². The van der Waals surface area contributed by atoms with E-state index >= 15 is 0 Å². The Labute approximate surface area is 130 Å². The van der Waals surface area contributed by atoms with Crippen molar-refractivity contribution in [2.45, 2.75) is 78.4 Å². The molecule has 0 radical (unpaired) electrons. The molecular formula is C17H34N4. The Morgan fingerprint density at radius 2 is 1.52 bits per heavy atom. The van der Waals surface area contributed by atoms with E-state index in [4.69, 9.17) is 9.98 Å². The molecule has 1 rings (SSSR count). The molecule has 122 valence electrons. The molecule has 2 N–H and O–H groups in total. The van der Waals surface area contributed by atoms with Crippen LogP contribution in [0.3, 0.4) is 0 Å². The van der Waals surface area contributed by atoms with E-state index in [-0.39, 0.29) is 11.1 Å². The number of nitrogens with one attached hydrogen (secondary N) is 2. The lowest BCUT2D eigenvalue weighted by Gasteiger charge is -2.31. The maximum absolute atomic E-state index is 4.76. The summed E-state index contributed by atoms with van der Waals surface area (Å²) in [5.41, 5.74) is 2.58. The van der Waals surface area contributed by atoms with Gasteiger partial charge in [-0.05, 0) is 48.5 Å². The van der Waals surface area contributed by atoms with Crippen LogP contribution >= 0.6 is 0 Å². The predicted molar refractivity (Wildman–Crippen MR) is 93.9 cm³/mol. The van der Waals surface area contributed by atoms with Crippen LogP contribution in [0.1, 0.15) is 61.3 Å². The van der Waals surface area contributed by atoms with E-state index in [1.54, 1.807) is 0 Å². The topological polar surface area (TPSA) is 48.8 Å². The molecule has 1 aliphatic heterocycles. The molecule has 0 aromatic carbocycles. The van der Waals surface area contributed by atoms with Gasteiger partial charge in [-0.3, -0.25) is 9.98 Å². The summed E-state index contributed by atoms with van der Waals surface area (Å²) < 4.78 is 0. The van der Waals surface area contributed by atoms with Crippen LogP contribution < -0.4 is 10.6 Å². The Morgan fingerprint density at radius 3 is 2.19 bits per heavy atom. The standard InChI is InChI=1S/C17H34N4/c1-13-11-17(6,7)21-15(3)12-19-14(2)10-16(4,5)20-9-8-18-13/h15,20-21H,8-12H2,1-7H3. The van der Waals surface area contributed by atoms with Crippen molar-refractivity contribution in [3.8, 4) is 0 Å². The molecule has 0 fully saturated rings.